The molecule has 0 saturated heterocycles. The molecule has 0 unspecified atom stereocenters. The number of hydrogen-bond acceptors (Lipinski definition) is 3. The zero-order chi connectivity index (χ0) is 18.3. The van der Waals surface area contributed by atoms with Crippen LogP contribution in [0.3, 0.4) is 0 Å². The van der Waals surface area contributed by atoms with Gasteiger partial charge in [-0.25, -0.2) is 0 Å². The number of amides is 1. The lowest BCUT2D eigenvalue weighted by Crippen LogP contribution is -2.16. The summed E-state index contributed by atoms with van der Waals surface area (Å²) in [5, 5.41) is 2.89. The van der Waals surface area contributed by atoms with Gasteiger partial charge < -0.3 is 10.2 Å². The number of rotatable bonds is 3. The summed E-state index contributed by atoms with van der Waals surface area (Å²) in [5.74, 6) is -0.370. The van der Waals surface area contributed by atoms with Gasteiger partial charge in [0.25, 0.3) is 5.91 Å². The van der Waals surface area contributed by atoms with E-state index in [1.807, 2.05) is 73.6 Å². The number of nitrogens with one attached hydrogen (secondary N) is 1. The largest absolute Gasteiger partial charge is 0.378 e. The molecule has 0 radical (unpaired) electrons. The minimum atomic E-state index is -0.277. The SMILES string of the molecule is CN(C)c1ccc(NC(=O)c2cccc3c2C(=O)c2ccccc2-3)cc1. The van der Waals surface area contributed by atoms with Crippen molar-refractivity contribution in [1.29, 1.82) is 0 Å². The summed E-state index contributed by atoms with van der Waals surface area (Å²) in [6, 6.07) is 20.5. The van der Waals surface area contributed by atoms with Crippen LogP contribution in [0.1, 0.15) is 26.3 Å². The van der Waals surface area contributed by atoms with Crippen LogP contribution in [0.15, 0.2) is 66.7 Å². The Balaban J connectivity index is 1.67. The van der Waals surface area contributed by atoms with Crippen molar-refractivity contribution >= 4 is 23.1 Å². The fourth-order valence-corrected chi connectivity index (χ4v) is 3.30. The highest BCUT2D eigenvalue weighted by molar-refractivity contribution is 6.26. The number of anilines is 2. The molecule has 4 nitrogen and oxygen atoms in total. The van der Waals surface area contributed by atoms with E-state index in [9.17, 15) is 9.59 Å². The molecule has 0 aromatic heterocycles. The van der Waals surface area contributed by atoms with Crippen molar-refractivity contribution in [3.8, 4) is 11.1 Å². The first-order chi connectivity index (χ1) is 12.6. The van der Waals surface area contributed by atoms with Gasteiger partial charge in [0, 0.05) is 36.6 Å². The van der Waals surface area contributed by atoms with Gasteiger partial charge in [-0.15, -0.1) is 0 Å². The molecule has 1 aliphatic carbocycles. The van der Waals surface area contributed by atoms with Crippen LogP contribution in [0.25, 0.3) is 11.1 Å². The molecule has 1 N–H and O–H groups in total. The highest BCUT2D eigenvalue weighted by Gasteiger charge is 2.30. The Hall–Kier alpha value is -3.40. The number of fused-ring (bicyclic) bond motifs is 3. The lowest BCUT2D eigenvalue weighted by molar-refractivity contribution is 0.0999. The molecular weight excluding hydrogens is 324 g/mol. The van der Waals surface area contributed by atoms with E-state index in [2.05, 4.69) is 5.32 Å². The Bertz CT molecular complexity index is 1020. The summed E-state index contributed by atoms with van der Waals surface area (Å²) in [6.45, 7) is 0. The second-order valence-corrected chi connectivity index (χ2v) is 6.50. The Morgan fingerprint density at radius 2 is 1.46 bits per heavy atom. The maximum atomic E-state index is 12.8. The normalized spacial score (nSPS) is 11.7. The Kier molecular flexibility index (Phi) is 3.81. The highest BCUT2D eigenvalue weighted by Crippen LogP contribution is 2.38. The van der Waals surface area contributed by atoms with E-state index in [0.717, 1.165) is 16.8 Å². The van der Waals surface area contributed by atoms with Gasteiger partial charge in [-0.2, -0.15) is 0 Å². The van der Waals surface area contributed by atoms with Crippen molar-refractivity contribution in [2.45, 2.75) is 0 Å². The lowest BCUT2D eigenvalue weighted by atomic mass is 10.0. The minimum Gasteiger partial charge on any atom is -0.378 e. The van der Waals surface area contributed by atoms with E-state index < -0.39 is 0 Å². The fraction of sp³-hybridized carbons (Fsp3) is 0.0909. The molecule has 1 amide bonds. The Labute approximate surface area is 152 Å². The van der Waals surface area contributed by atoms with Crippen LogP contribution >= 0.6 is 0 Å². The van der Waals surface area contributed by atoms with Crippen molar-refractivity contribution in [1.82, 2.24) is 0 Å². The van der Waals surface area contributed by atoms with E-state index in [1.165, 1.54) is 0 Å². The standard InChI is InChI=1S/C22H18N2O2/c1-24(2)15-12-10-14(11-13-15)23-22(26)19-9-5-8-17-16-6-3-4-7-18(16)21(25)20(17)19/h3-13H,1-2H3,(H,23,26). The average molecular weight is 342 g/mol. The molecule has 0 saturated carbocycles. The molecule has 0 fully saturated rings. The number of ketones is 1. The van der Waals surface area contributed by atoms with E-state index in [-0.39, 0.29) is 11.7 Å². The van der Waals surface area contributed by atoms with Gasteiger partial charge in [0.05, 0.1) is 5.56 Å². The van der Waals surface area contributed by atoms with Gasteiger partial charge >= 0.3 is 0 Å². The molecule has 0 spiro atoms. The Morgan fingerprint density at radius 1 is 0.808 bits per heavy atom. The van der Waals surface area contributed by atoms with Gasteiger partial charge in [-0.3, -0.25) is 9.59 Å². The van der Waals surface area contributed by atoms with E-state index >= 15 is 0 Å². The second kappa shape index (κ2) is 6.15. The van der Waals surface area contributed by atoms with Gasteiger partial charge in [0.15, 0.2) is 5.78 Å². The third-order valence-electron chi connectivity index (χ3n) is 4.64. The molecule has 0 heterocycles. The third-order valence-corrected chi connectivity index (χ3v) is 4.64. The molecular formula is C22H18N2O2. The first-order valence-electron chi connectivity index (χ1n) is 8.42. The zero-order valence-electron chi connectivity index (χ0n) is 14.6. The molecule has 1 aliphatic rings. The number of carbonyl (C=O) groups is 2. The molecule has 26 heavy (non-hydrogen) atoms. The molecule has 3 aromatic rings. The van der Waals surface area contributed by atoms with Gasteiger partial charge in [0.2, 0.25) is 0 Å². The zero-order valence-corrected chi connectivity index (χ0v) is 14.6. The predicted octanol–water partition coefficient (Wildman–Crippen LogP) is 4.22. The molecule has 3 aromatic carbocycles. The van der Waals surface area contributed by atoms with Crippen LogP contribution in [0.4, 0.5) is 11.4 Å². The quantitative estimate of drug-likeness (QED) is 0.606. The summed E-state index contributed by atoms with van der Waals surface area (Å²) in [4.78, 5) is 27.6. The molecule has 128 valence electrons. The van der Waals surface area contributed by atoms with Crippen LogP contribution in [0.2, 0.25) is 0 Å². The van der Waals surface area contributed by atoms with Crippen LogP contribution in [-0.2, 0) is 0 Å². The third kappa shape index (κ3) is 2.56. The number of nitrogens with zero attached hydrogens (tertiary/aromatic N) is 1. The van der Waals surface area contributed by atoms with Crippen molar-refractivity contribution in [3.05, 3.63) is 83.4 Å². The minimum absolute atomic E-state index is 0.0932. The fourth-order valence-electron chi connectivity index (χ4n) is 3.30. The smallest absolute Gasteiger partial charge is 0.256 e. The first kappa shape index (κ1) is 16.1. The van der Waals surface area contributed by atoms with Crippen molar-refractivity contribution in [2.24, 2.45) is 0 Å². The molecule has 0 aliphatic heterocycles. The topological polar surface area (TPSA) is 49.4 Å². The number of carbonyl (C=O) groups excluding carboxylic acids is 2. The summed E-state index contributed by atoms with van der Waals surface area (Å²) in [5.41, 5.74) is 4.99. The van der Waals surface area contributed by atoms with Crippen LogP contribution in [0, 0.1) is 0 Å². The van der Waals surface area contributed by atoms with Gasteiger partial charge in [0.1, 0.15) is 0 Å². The monoisotopic (exact) mass is 342 g/mol. The molecule has 4 heteroatoms. The average Bonchev–Trinajstić information content (AvgIpc) is 2.95. The number of hydrogen-bond donors (Lipinski definition) is 1. The molecule has 0 bridgehead atoms. The summed E-state index contributed by atoms with van der Waals surface area (Å²) >= 11 is 0. The number of benzene rings is 3. The maximum absolute atomic E-state index is 12.8. The molecule has 4 rings (SSSR count). The predicted molar refractivity (Wildman–Crippen MR) is 104 cm³/mol. The van der Waals surface area contributed by atoms with Crippen LogP contribution < -0.4 is 10.2 Å². The maximum Gasteiger partial charge on any atom is 0.256 e. The van der Waals surface area contributed by atoms with Crippen LogP contribution in [0.5, 0.6) is 0 Å². The van der Waals surface area contributed by atoms with Gasteiger partial charge in [-0.1, -0.05) is 36.4 Å². The highest BCUT2D eigenvalue weighted by atomic mass is 16.2. The van der Waals surface area contributed by atoms with E-state index in [4.69, 9.17) is 0 Å². The summed E-state index contributed by atoms with van der Waals surface area (Å²) in [7, 11) is 3.92. The van der Waals surface area contributed by atoms with Crippen molar-refractivity contribution < 1.29 is 9.59 Å². The second-order valence-electron chi connectivity index (χ2n) is 6.50. The van der Waals surface area contributed by atoms with E-state index in [1.54, 1.807) is 12.1 Å². The van der Waals surface area contributed by atoms with Crippen molar-refractivity contribution in [2.75, 3.05) is 24.3 Å². The summed E-state index contributed by atoms with van der Waals surface area (Å²) in [6.07, 6.45) is 0. The first-order valence-corrected chi connectivity index (χ1v) is 8.42. The van der Waals surface area contributed by atoms with Gasteiger partial charge in [-0.05, 0) is 41.5 Å². The van der Waals surface area contributed by atoms with E-state index in [0.29, 0.717) is 22.4 Å². The van der Waals surface area contributed by atoms with Crippen molar-refractivity contribution in [3.63, 3.8) is 0 Å². The summed E-state index contributed by atoms with van der Waals surface area (Å²) < 4.78 is 0. The Morgan fingerprint density at radius 3 is 2.15 bits per heavy atom. The lowest BCUT2D eigenvalue weighted by Gasteiger charge is -2.13. The van der Waals surface area contributed by atoms with Crippen LogP contribution in [-0.4, -0.2) is 25.8 Å². The molecule has 0 atom stereocenters.